The number of rotatable bonds is 3. The van der Waals surface area contributed by atoms with Crippen molar-refractivity contribution < 1.29 is 9.90 Å². The molecule has 4 nitrogen and oxygen atoms in total. The molecule has 0 atom stereocenters. The molecular formula is C13H9ClN2O2S. The average Bonchev–Trinajstić information content (AvgIpc) is 2.98. The number of carboxylic acid groups (broad SMARTS) is 1. The highest BCUT2D eigenvalue weighted by molar-refractivity contribution is 7.13. The highest BCUT2D eigenvalue weighted by Crippen LogP contribution is 2.22. The van der Waals surface area contributed by atoms with E-state index in [-0.39, 0.29) is 0 Å². The van der Waals surface area contributed by atoms with E-state index in [1.807, 2.05) is 29.0 Å². The van der Waals surface area contributed by atoms with Crippen LogP contribution in [0.2, 0.25) is 5.02 Å². The predicted octanol–water partition coefficient (Wildman–Crippen LogP) is 3.50. The van der Waals surface area contributed by atoms with Crippen LogP contribution in [-0.2, 0) is 6.54 Å². The summed E-state index contributed by atoms with van der Waals surface area (Å²) in [6, 6.07) is 7.23. The van der Waals surface area contributed by atoms with Gasteiger partial charge in [0.25, 0.3) is 0 Å². The van der Waals surface area contributed by atoms with Gasteiger partial charge in [-0.3, -0.25) is 4.98 Å². The Morgan fingerprint density at radius 3 is 3.00 bits per heavy atom. The fourth-order valence-electron chi connectivity index (χ4n) is 1.92. The summed E-state index contributed by atoms with van der Waals surface area (Å²) in [6.07, 6.45) is 3.54. The van der Waals surface area contributed by atoms with Crippen LogP contribution < -0.4 is 0 Å². The van der Waals surface area contributed by atoms with Crippen molar-refractivity contribution in [3.8, 4) is 0 Å². The van der Waals surface area contributed by atoms with Gasteiger partial charge in [-0.15, -0.1) is 11.3 Å². The van der Waals surface area contributed by atoms with E-state index in [1.165, 1.54) is 11.3 Å². The fourth-order valence-corrected chi connectivity index (χ4v) is 2.92. The van der Waals surface area contributed by atoms with Gasteiger partial charge in [-0.1, -0.05) is 11.6 Å². The predicted molar refractivity (Wildman–Crippen MR) is 75.1 cm³/mol. The van der Waals surface area contributed by atoms with Gasteiger partial charge in [0.05, 0.1) is 22.6 Å². The zero-order chi connectivity index (χ0) is 13.4. The Hall–Kier alpha value is -1.85. The molecule has 0 spiro atoms. The summed E-state index contributed by atoms with van der Waals surface area (Å²) in [5.41, 5.74) is 1.82. The van der Waals surface area contributed by atoms with Crippen molar-refractivity contribution in [2.24, 2.45) is 0 Å². The molecule has 0 amide bonds. The highest BCUT2D eigenvalue weighted by atomic mass is 35.5. The van der Waals surface area contributed by atoms with Gasteiger partial charge in [-0.2, -0.15) is 0 Å². The third-order valence-electron chi connectivity index (χ3n) is 2.78. The minimum Gasteiger partial charge on any atom is -0.477 e. The van der Waals surface area contributed by atoms with E-state index < -0.39 is 5.97 Å². The number of aromatic nitrogens is 2. The lowest BCUT2D eigenvalue weighted by Gasteiger charge is -2.03. The number of thiophene rings is 1. The topological polar surface area (TPSA) is 55.1 Å². The van der Waals surface area contributed by atoms with Crippen LogP contribution in [-0.4, -0.2) is 20.6 Å². The van der Waals surface area contributed by atoms with Crippen molar-refractivity contribution in [3.63, 3.8) is 0 Å². The van der Waals surface area contributed by atoms with Crippen molar-refractivity contribution >= 4 is 39.9 Å². The standard InChI is InChI=1S/C13H9ClN2O2S/c14-8-5-11-10(15-6-8)3-4-16(11)7-9-1-2-12(19-9)13(17)18/h1-6H,7H2,(H,17,18). The number of fused-ring (bicyclic) bond motifs is 1. The second-order valence-corrected chi connectivity index (χ2v) is 5.68. The van der Waals surface area contributed by atoms with Crippen molar-refractivity contribution in [2.45, 2.75) is 6.54 Å². The number of halogens is 1. The Bertz CT molecular complexity index is 763. The third kappa shape index (κ3) is 2.34. The molecule has 0 saturated heterocycles. The number of hydrogen-bond acceptors (Lipinski definition) is 3. The van der Waals surface area contributed by atoms with Crippen LogP contribution in [0.3, 0.4) is 0 Å². The van der Waals surface area contributed by atoms with Gasteiger partial charge < -0.3 is 9.67 Å². The Kier molecular flexibility index (Phi) is 3.00. The Balaban J connectivity index is 1.96. The monoisotopic (exact) mass is 292 g/mol. The Morgan fingerprint density at radius 2 is 2.26 bits per heavy atom. The normalized spacial score (nSPS) is 11.0. The van der Waals surface area contributed by atoms with Crippen LogP contribution in [0.25, 0.3) is 11.0 Å². The molecule has 3 rings (SSSR count). The molecule has 0 unspecified atom stereocenters. The van der Waals surface area contributed by atoms with Gasteiger partial charge in [-0.05, 0) is 24.3 Å². The zero-order valence-electron chi connectivity index (χ0n) is 9.71. The van der Waals surface area contributed by atoms with E-state index in [2.05, 4.69) is 4.98 Å². The molecule has 3 heterocycles. The van der Waals surface area contributed by atoms with E-state index in [9.17, 15) is 4.79 Å². The summed E-state index contributed by atoms with van der Waals surface area (Å²) in [5.74, 6) is -0.890. The first-order valence-corrected chi connectivity index (χ1v) is 6.75. The molecule has 96 valence electrons. The van der Waals surface area contributed by atoms with Gasteiger partial charge in [0, 0.05) is 17.3 Å². The van der Waals surface area contributed by atoms with Crippen LogP contribution in [0.5, 0.6) is 0 Å². The van der Waals surface area contributed by atoms with Gasteiger partial charge >= 0.3 is 5.97 Å². The van der Waals surface area contributed by atoms with Crippen LogP contribution in [0.1, 0.15) is 14.5 Å². The molecule has 0 aliphatic heterocycles. The molecule has 0 fully saturated rings. The summed E-state index contributed by atoms with van der Waals surface area (Å²) in [7, 11) is 0. The zero-order valence-corrected chi connectivity index (χ0v) is 11.3. The maximum atomic E-state index is 10.8. The number of pyridine rings is 1. The molecule has 3 aromatic heterocycles. The maximum Gasteiger partial charge on any atom is 0.345 e. The number of carbonyl (C=O) groups is 1. The SMILES string of the molecule is O=C(O)c1ccc(Cn2ccc3ncc(Cl)cc32)s1. The number of carboxylic acids is 1. The lowest BCUT2D eigenvalue weighted by atomic mass is 10.4. The van der Waals surface area contributed by atoms with Gasteiger partial charge in [0.2, 0.25) is 0 Å². The quantitative estimate of drug-likeness (QED) is 0.804. The highest BCUT2D eigenvalue weighted by Gasteiger charge is 2.09. The van der Waals surface area contributed by atoms with Gasteiger partial charge in [0.1, 0.15) is 4.88 Å². The first-order valence-electron chi connectivity index (χ1n) is 5.56. The van der Waals surface area contributed by atoms with Crippen LogP contribution >= 0.6 is 22.9 Å². The number of hydrogen-bond donors (Lipinski definition) is 1. The van der Waals surface area contributed by atoms with Crippen LogP contribution in [0, 0.1) is 0 Å². The van der Waals surface area contributed by atoms with E-state index in [1.54, 1.807) is 12.3 Å². The molecular weight excluding hydrogens is 284 g/mol. The lowest BCUT2D eigenvalue weighted by molar-refractivity contribution is 0.0702. The summed E-state index contributed by atoms with van der Waals surface area (Å²) >= 11 is 7.22. The molecule has 19 heavy (non-hydrogen) atoms. The maximum absolute atomic E-state index is 10.8. The van der Waals surface area contributed by atoms with Crippen molar-refractivity contribution in [2.75, 3.05) is 0 Å². The second-order valence-electron chi connectivity index (χ2n) is 4.07. The summed E-state index contributed by atoms with van der Waals surface area (Å²) < 4.78 is 2.01. The molecule has 0 saturated carbocycles. The summed E-state index contributed by atoms with van der Waals surface area (Å²) in [4.78, 5) is 16.4. The smallest absolute Gasteiger partial charge is 0.345 e. The number of aromatic carboxylic acids is 1. The van der Waals surface area contributed by atoms with Crippen LogP contribution in [0.4, 0.5) is 0 Å². The largest absolute Gasteiger partial charge is 0.477 e. The summed E-state index contributed by atoms with van der Waals surface area (Å²) in [5, 5.41) is 9.50. The first-order chi connectivity index (χ1) is 9.13. The minimum atomic E-state index is -0.890. The Labute approximate surface area is 117 Å². The molecule has 0 aromatic carbocycles. The van der Waals surface area contributed by atoms with Crippen LogP contribution in [0.15, 0.2) is 36.7 Å². The number of nitrogens with zero attached hydrogens (tertiary/aromatic N) is 2. The first kappa shape index (κ1) is 12.2. The second kappa shape index (κ2) is 4.68. The van der Waals surface area contributed by atoms with Gasteiger partial charge in [-0.25, -0.2) is 4.79 Å². The van der Waals surface area contributed by atoms with Gasteiger partial charge in [0.15, 0.2) is 0 Å². The average molecular weight is 293 g/mol. The van der Waals surface area contributed by atoms with Crippen molar-refractivity contribution in [1.29, 1.82) is 0 Å². The van der Waals surface area contributed by atoms with Crippen molar-refractivity contribution in [3.05, 3.63) is 51.4 Å². The third-order valence-corrected chi connectivity index (χ3v) is 4.05. The molecule has 0 bridgehead atoms. The van der Waals surface area contributed by atoms with E-state index in [0.717, 1.165) is 15.9 Å². The van der Waals surface area contributed by atoms with E-state index in [0.29, 0.717) is 16.4 Å². The lowest BCUT2D eigenvalue weighted by Crippen LogP contribution is -1.95. The fraction of sp³-hybridized carbons (Fsp3) is 0.0769. The van der Waals surface area contributed by atoms with Crippen molar-refractivity contribution in [1.82, 2.24) is 9.55 Å². The molecule has 0 aliphatic carbocycles. The molecule has 3 aromatic rings. The molecule has 1 N–H and O–H groups in total. The summed E-state index contributed by atoms with van der Waals surface area (Å²) in [6.45, 7) is 0.615. The Morgan fingerprint density at radius 1 is 1.42 bits per heavy atom. The van der Waals surface area contributed by atoms with E-state index in [4.69, 9.17) is 16.7 Å². The van der Waals surface area contributed by atoms with E-state index >= 15 is 0 Å². The minimum absolute atomic E-state index is 0.350. The molecule has 0 aliphatic rings. The molecule has 0 radical (unpaired) electrons. The molecule has 6 heteroatoms.